The summed E-state index contributed by atoms with van der Waals surface area (Å²) in [7, 11) is 0. The third-order valence-corrected chi connectivity index (χ3v) is 3.63. The average Bonchev–Trinajstić information content (AvgIpc) is 2.40. The van der Waals surface area contributed by atoms with Gasteiger partial charge >= 0.3 is 0 Å². The van der Waals surface area contributed by atoms with Crippen LogP contribution >= 0.6 is 15.9 Å². The third-order valence-electron chi connectivity index (χ3n) is 3.10. The molecule has 0 fully saturated rings. The van der Waals surface area contributed by atoms with Gasteiger partial charge in [0.2, 0.25) is 0 Å². The highest BCUT2D eigenvalue weighted by Crippen LogP contribution is 2.13. The molecule has 0 saturated carbocycles. The van der Waals surface area contributed by atoms with Gasteiger partial charge in [-0.15, -0.1) is 0 Å². The van der Waals surface area contributed by atoms with E-state index < -0.39 is 0 Å². The molecule has 0 unspecified atom stereocenters. The SMILES string of the molecule is CCN(Cc1ccc(Br)cc1)Cc1cccc(C)n1. The van der Waals surface area contributed by atoms with Gasteiger partial charge < -0.3 is 0 Å². The minimum atomic E-state index is 0.897. The Morgan fingerprint density at radius 2 is 1.79 bits per heavy atom. The topological polar surface area (TPSA) is 16.1 Å². The molecule has 3 heteroatoms. The maximum absolute atomic E-state index is 4.57. The zero-order chi connectivity index (χ0) is 13.7. The van der Waals surface area contributed by atoms with Crippen molar-refractivity contribution in [2.24, 2.45) is 0 Å². The fraction of sp³-hybridized carbons (Fsp3) is 0.312. The van der Waals surface area contributed by atoms with Crippen molar-refractivity contribution in [1.29, 1.82) is 0 Å². The number of halogens is 1. The number of rotatable bonds is 5. The van der Waals surface area contributed by atoms with E-state index in [9.17, 15) is 0 Å². The summed E-state index contributed by atoms with van der Waals surface area (Å²) >= 11 is 3.47. The molecule has 2 aromatic rings. The van der Waals surface area contributed by atoms with Crippen molar-refractivity contribution < 1.29 is 0 Å². The second-order valence-electron chi connectivity index (χ2n) is 4.70. The van der Waals surface area contributed by atoms with Gasteiger partial charge in [0.15, 0.2) is 0 Å². The Morgan fingerprint density at radius 3 is 2.42 bits per heavy atom. The maximum Gasteiger partial charge on any atom is 0.0547 e. The van der Waals surface area contributed by atoms with Crippen LogP contribution in [-0.2, 0) is 13.1 Å². The maximum atomic E-state index is 4.57. The molecule has 0 bridgehead atoms. The van der Waals surface area contributed by atoms with Gasteiger partial charge in [0, 0.05) is 23.3 Å². The summed E-state index contributed by atoms with van der Waals surface area (Å²) in [6, 6.07) is 14.7. The van der Waals surface area contributed by atoms with Crippen LogP contribution in [0.4, 0.5) is 0 Å². The molecule has 0 aliphatic rings. The highest BCUT2D eigenvalue weighted by molar-refractivity contribution is 9.10. The second-order valence-corrected chi connectivity index (χ2v) is 5.62. The molecule has 0 atom stereocenters. The van der Waals surface area contributed by atoms with Crippen LogP contribution in [0.2, 0.25) is 0 Å². The predicted molar refractivity (Wildman–Crippen MR) is 82.9 cm³/mol. The lowest BCUT2D eigenvalue weighted by molar-refractivity contribution is 0.268. The molecule has 0 amide bonds. The van der Waals surface area contributed by atoms with Crippen LogP contribution in [0.25, 0.3) is 0 Å². The molecule has 0 spiro atoms. The number of aromatic nitrogens is 1. The number of hydrogen-bond donors (Lipinski definition) is 0. The summed E-state index contributed by atoms with van der Waals surface area (Å²) in [4.78, 5) is 6.96. The molecule has 0 aliphatic carbocycles. The summed E-state index contributed by atoms with van der Waals surface area (Å²) in [5.74, 6) is 0. The van der Waals surface area contributed by atoms with E-state index in [4.69, 9.17) is 0 Å². The lowest BCUT2D eigenvalue weighted by Gasteiger charge is -2.20. The van der Waals surface area contributed by atoms with Gasteiger partial charge in [0.1, 0.15) is 0 Å². The molecule has 19 heavy (non-hydrogen) atoms. The summed E-state index contributed by atoms with van der Waals surface area (Å²) in [6.07, 6.45) is 0. The van der Waals surface area contributed by atoms with Crippen molar-refractivity contribution in [2.45, 2.75) is 26.9 Å². The van der Waals surface area contributed by atoms with Crippen molar-refractivity contribution >= 4 is 15.9 Å². The van der Waals surface area contributed by atoms with E-state index in [2.05, 4.69) is 69.1 Å². The standard InChI is InChI=1S/C16H19BrN2/c1-3-19(11-14-7-9-15(17)10-8-14)12-16-6-4-5-13(2)18-16/h4-10H,3,11-12H2,1-2H3. The zero-order valence-electron chi connectivity index (χ0n) is 11.4. The normalized spacial score (nSPS) is 10.9. The van der Waals surface area contributed by atoms with Crippen LogP contribution < -0.4 is 0 Å². The summed E-state index contributed by atoms with van der Waals surface area (Å²) in [6.45, 7) is 7.10. The lowest BCUT2D eigenvalue weighted by Crippen LogP contribution is -2.22. The number of hydrogen-bond acceptors (Lipinski definition) is 2. The molecular weight excluding hydrogens is 300 g/mol. The Hall–Kier alpha value is -1.19. The molecule has 100 valence electrons. The third kappa shape index (κ3) is 4.44. The van der Waals surface area contributed by atoms with Crippen molar-refractivity contribution in [1.82, 2.24) is 9.88 Å². The molecule has 1 heterocycles. The van der Waals surface area contributed by atoms with Crippen molar-refractivity contribution in [3.8, 4) is 0 Å². The van der Waals surface area contributed by atoms with Crippen LogP contribution in [-0.4, -0.2) is 16.4 Å². The zero-order valence-corrected chi connectivity index (χ0v) is 13.0. The molecule has 2 nitrogen and oxygen atoms in total. The Labute approximate surface area is 123 Å². The summed E-state index contributed by atoms with van der Waals surface area (Å²) in [5, 5.41) is 0. The number of aryl methyl sites for hydroxylation is 1. The van der Waals surface area contributed by atoms with E-state index in [0.29, 0.717) is 0 Å². The summed E-state index contributed by atoms with van der Waals surface area (Å²) < 4.78 is 1.12. The first-order valence-electron chi connectivity index (χ1n) is 6.56. The molecular formula is C16H19BrN2. The molecule has 0 aliphatic heterocycles. The van der Waals surface area contributed by atoms with E-state index in [1.165, 1.54) is 5.56 Å². The van der Waals surface area contributed by atoms with Crippen LogP contribution in [0, 0.1) is 6.92 Å². The van der Waals surface area contributed by atoms with E-state index in [0.717, 1.165) is 35.5 Å². The quantitative estimate of drug-likeness (QED) is 0.822. The Kier molecular flexibility index (Phi) is 5.11. The van der Waals surface area contributed by atoms with Crippen LogP contribution in [0.5, 0.6) is 0 Å². The fourth-order valence-electron chi connectivity index (χ4n) is 2.04. The minimum absolute atomic E-state index is 0.897. The van der Waals surface area contributed by atoms with Gasteiger partial charge in [-0.05, 0) is 43.3 Å². The van der Waals surface area contributed by atoms with E-state index >= 15 is 0 Å². The van der Waals surface area contributed by atoms with Gasteiger partial charge in [0.05, 0.1) is 5.69 Å². The Balaban J connectivity index is 2.02. The van der Waals surface area contributed by atoms with Crippen LogP contribution in [0.3, 0.4) is 0 Å². The first-order valence-corrected chi connectivity index (χ1v) is 7.36. The highest BCUT2D eigenvalue weighted by Gasteiger charge is 2.06. The fourth-order valence-corrected chi connectivity index (χ4v) is 2.31. The number of benzene rings is 1. The van der Waals surface area contributed by atoms with Gasteiger partial charge in [-0.1, -0.05) is 41.1 Å². The van der Waals surface area contributed by atoms with E-state index in [-0.39, 0.29) is 0 Å². The van der Waals surface area contributed by atoms with Gasteiger partial charge in [-0.2, -0.15) is 0 Å². The summed E-state index contributed by atoms with van der Waals surface area (Å²) in [5.41, 5.74) is 3.55. The molecule has 1 aromatic heterocycles. The van der Waals surface area contributed by atoms with Gasteiger partial charge in [-0.3, -0.25) is 9.88 Å². The molecule has 1 aromatic carbocycles. The first-order chi connectivity index (χ1) is 9.17. The highest BCUT2D eigenvalue weighted by atomic mass is 79.9. The van der Waals surface area contributed by atoms with E-state index in [1.807, 2.05) is 13.0 Å². The minimum Gasteiger partial charge on any atom is -0.294 e. The lowest BCUT2D eigenvalue weighted by atomic mass is 10.2. The predicted octanol–water partition coefficient (Wildman–Crippen LogP) is 4.17. The monoisotopic (exact) mass is 318 g/mol. The van der Waals surface area contributed by atoms with Crippen LogP contribution in [0.1, 0.15) is 23.9 Å². The Bertz CT molecular complexity index is 523. The van der Waals surface area contributed by atoms with E-state index in [1.54, 1.807) is 0 Å². The smallest absolute Gasteiger partial charge is 0.0547 e. The first kappa shape index (κ1) is 14.2. The van der Waals surface area contributed by atoms with Crippen molar-refractivity contribution in [3.63, 3.8) is 0 Å². The van der Waals surface area contributed by atoms with Crippen molar-refractivity contribution in [2.75, 3.05) is 6.54 Å². The van der Waals surface area contributed by atoms with Gasteiger partial charge in [0.25, 0.3) is 0 Å². The Morgan fingerprint density at radius 1 is 1.05 bits per heavy atom. The van der Waals surface area contributed by atoms with Gasteiger partial charge in [-0.25, -0.2) is 0 Å². The molecule has 0 saturated heterocycles. The molecule has 0 radical (unpaired) electrons. The number of nitrogens with zero attached hydrogens (tertiary/aromatic N) is 2. The average molecular weight is 319 g/mol. The van der Waals surface area contributed by atoms with Crippen LogP contribution in [0.15, 0.2) is 46.9 Å². The molecule has 2 rings (SSSR count). The largest absolute Gasteiger partial charge is 0.294 e. The van der Waals surface area contributed by atoms with Crippen molar-refractivity contribution in [3.05, 3.63) is 63.9 Å². The number of pyridine rings is 1. The second kappa shape index (κ2) is 6.83. The molecule has 0 N–H and O–H groups in total.